The Bertz CT molecular complexity index is 585. The number of halogens is 6. The average molecular weight is 326 g/mol. The van der Waals surface area contributed by atoms with E-state index in [4.69, 9.17) is 34.8 Å². The molecule has 0 spiro atoms. The average Bonchev–Trinajstić information content (AvgIpc) is 2.26. The Morgan fingerprint density at radius 2 is 1.32 bits per heavy atom. The van der Waals surface area contributed by atoms with Crippen molar-refractivity contribution in [1.82, 2.24) is 0 Å². The molecule has 0 bridgehead atoms. The van der Waals surface area contributed by atoms with Gasteiger partial charge in [-0.05, 0) is 12.1 Å². The van der Waals surface area contributed by atoms with Crippen LogP contribution in [0.4, 0.5) is 13.2 Å². The van der Waals surface area contributed by atoms with Crippen LogP contribution in [0.15, 0.2) is 30.3 Å². The lowest BCUT2D eigenvalue weighted by atomic mass is 10.0. The van der Waals surface area contributed by atoms with E-state index in [1.54, 1.807) is 6.07 Å². The van der Waals surface area contributed by atoms with Gasteiger partial charge in [-0.2, -0.15) is 0 Å². The van der Waals surface area contributed by atoms with Crippen molar-refractivity contribution in [3.05, 3.63) is 69.0 Å². The molecule has 0 aromatic heterocycles. The first-order valence-corrected chi connectivity index (χ1v) is 6.33. The van der Waals surface area contributed by atoms with Gasteiger partial charge in [-0.25, -0.2) is 13.2 Å². The van der Waals surface area contributed by atoms with Crippen molar-refractivity contribution in [2.24, 2.45) is 0 Å². The van der Waals surface area contributed by atoms with Crippen molar-refractivity contribution in [3.8, 4) is 0 Å². The van der Waals surface area contributed by atoms with E-state index in [-0.39, 0.29) is 15.6 Å². The molecule has 6 heteroatoms. The molecule has 0 aliphatic rings. The third-order valence-electron chi connectivity index (χ3n) is 2.55. The molecule has 0 fully saturated rings. The van der Waals surface area contributed by atoms with Gasteiger partial charge in [-0.1, -0.05) is 29.3 Å². The van der Waals surface area contributed by atoms with Gasteiger partial charge >= 0.3 is 0 Å². The Balaban J connectivity index is 2.60. The third-order valence-corrected chi connectivity index (χ3v) is 3.65. The fourth-order valence-electron chi connectivity index (χ4n) is 1.69. The van der Waals surface area contributed by atoms with Crippen LogP contribution in [0.2, 0.25) is 10.0 Å². The highest BCUT2D eigenvalue weighted by Gasteiger charge is 2.24. The molecule has 0 radical (unpaired) electrons. The molecule has 2 rings (SSSR count). The van der Waals surface area contributed by atoms with Crippen molar-refractivity contribution < 1.29 is 13.2 Å². The van der Waals surface area contributed by atoms with Gasteiger partial charge in [0, 0.05) is 33.3 Å². The topological polar surface area (TPSA) is 0 Å². The molecule has 2 aromatic rings. The summed E-state index contributed by atoms with van der Waals surface area (Å²) in [6.07, 6.45) is 0. The minimum atomic E-state index is -1.25. The molecule has 100 valence electrons. The van der Waals surface area contributed by atoms with E-state index in [9.17, 15) is 13.2 Å². The summed E-state index contributed by atoms with van der Waals surface area (Å²) >= 11 is 17.9. The number of hydrogen-bond donors (Lipinski definition) is 0. The summed E-state index contributed by atoms with van der Waals surface area (Å²) < 4.78 is 40.2. The first-order valence-electron chi connectivity index (χ1n) is 5.14. The van der Waals surface area contributed by atoms with Gasteiger partial charge in [-0.3, -0.25) is 0 Å². The van der Waals surface area contributed by atoms with Crippen LogP contribution < -0.4 is 0 Å². The monoisotopic (exact) mass is 324 g/mol. The lowest BCUT2D eigenvalue weighted by Gasteiger charge is -2.15. The molecule has 1 unspecified atom stereocenters. The Labute approximate surface area is 122 Å². The summed E-state index contributed by atoms with van der Waals surface area (Å²) in [5.74, 6) is -3.20. The van der Waals surface area contributed by atoms with Crippen LogP contribution in [-0.4, -0.2) is 0 Å². The summed E-state index contributed by atoms with van der Waals surface area (Å²) in [6, 6.07) is 5.68. The van der Waals surface area contributed by atoms with Gasteiger partial charge in [-0.15, -0.1) is 11.6 Å². The molecule has 1 atom stereocenters. The van der Waals surface area contributed by atoms with Crippen LogP contribution in [0, 0.1) is 17.5 Å². The molecule has 0 aliphatic heterocycles. The van der Waals surface area contributed by atoms with E-state index < -0.39 is 28.4 Å². The maximum absolute atomic E-state index is 13.7. The van der Waals surface area contributed by atoms with Crippen LogP contribution in [0.1, 0.15) is 16.5 Å². The van der Waals surface area contributed by atoms with E-state index in [0.717, 1.165) is 0 Å². The molecule has 19 heavy (non-hydrogen) atoms. The van der Waals surface area contributed by atoms with Crippen molar-refractivity contribution in [3.63, 3.8) is 0 Å². The number of benzene rings is 2. The summed E-state index contributed by atoms with van der Waals surface area (Å²) in [4.78, 5) is 0. The molecular weight excluding hydrogens is 319 g/mol. The van der Waals surface area contributed by atoms with E-state index in [2.05, 4.69) is 0 Å². The van der Waals surface area contributed by atoms with Gasteiger partial charge in [0.1, 0.15) is 17.5 Å². The number of rotatable bonds is 2. The van der Waals surface area contributed by atoms with Crippen LogP contribution in [0.5, 0.6) is 0 Å². The van der Waals surface area contributed by atoms with Crippen molar-refractivity contribution >= 4 is 34.8 Å². The zero-order valence-corrected chi connectivity index (χ0v) is 11.5. The second-order valence-corrected chi connectivity index (χ2v) is 5.03. The highest BCUT2D eigenvalue weighted by atomic mass is 35.5. The summed E-state index contributed by atoms with van der Waals surface area (Å²) in [7, 11) is 0. The van der Waals surface area contributed by atoms with Crippen LogP contribution in [0.3, 0.4) is 0 Å². The van der Waals surface area contributed by atoms with Gasteiger partial charge in [0.2, 0.25) is 0 Å². The standard InChI is InChI=1S/C13H6Cl3F3/c14-7-2-1-3-8(15)11(7)13(16)12-9(18)4-6(17)5-10(12)19/h1-5,13H. The van der Waals surface area contributed by atoms with Gasteiger partial charge in [0.15, 0.2) is 0 Å². The second-order valence-electron chi connectivity index (χ2n) is 3.78. The van der Waals surface area contributed by atoms with Crippen molar-refractivity contribution in [2.45, 2.75) is 5.38 Å². The second kappa shape index (κ2) is 5.61. The molecule has 2 aromatic carbocycles. The molecule has 0 aliphatic carbocycles. The first-order chi connectivity index (χ1) is 8.91. The summed E-state index contributed by atoms with van der Waals surface area (Å²) in [6.45, 7) is 0. The minimum Gasteiger partial charge on any atom is -0.207 e. The molecule has 0 saturated carbocycles. The largest absolute Gasteiger partial charge is 0.207 e. The summed E-state index contributed by atoms with van der Waals surface area (Å²) in [5, 5.41) is -0.895. The Morgan fingerprint density at radius 1 is 0.842 bits per heavy atom. The molecule has 0 saturated heterocycles. The fraction of sp³-hybridized carbons (Fsp3) is 0.0769. The maximum atomic E-state index is 13.7. The van der Waals surface area contributed by atoms with E-state index in [1.807, 2.05) is 0 Å². The molecule has 0 heterocycles. The first kappa shape index (κ1) is 14.5. The predicted octanol–water partition coefficient (Wildman–Crippen LogP) is 5.74. The highest BCUT2D eigenvalue weighted by Crippen LogP contribution is 2.40. The molecule has 0 nitrogen and oxygen atoms in total. The Hall–Kier alpha value is -0.900. The molecule has 0 amide bonds. The van der Waals surface area contributed by atoms with Crippen LogP contribution >= 0.6 is 34.8 Å². The quantitative estimate of drug-likeness (QED) is 0.618. The third kappa shape index (κ3) is 2.83. The zero-order valence-electron chi connectivity index (χ0n) is 9.23. The zero-order chi connectivity index (χ0) is 14.2. The highest BCUT2D eigenvalue weighted by molar-refractivity contribution is 6.38. The Kier molecular flexibility index (Phi) is 4.29. The van der Waals surface area contributed by atoms with Gasteiger partial charge in [0.25, 0.3) is 0 Å². The van der Waals surface area contributed by atoms with Crippen LogP contribution in [-0.2, 0) is 0 Å². The Morgan fingerprint density at radius 3 is 1.79 bits per heavy atom. The predicted molar refractivity (Wildman–Crippen MR) is 70.5 cm³/mol. The SMILES string of the molecule is Fc1cc(F)c(C(Cl)c2c(Cl)cccc2Cl)c(F)c1. The fourth-order valence-corrected chi connectivity index (χ4v) is 2.86. The van der Waals surface area contributed by atoms with E-state index in [0.29, 0.717) is 12.1 Å². The molecular formula is C13H6Cl3F3. The smallest absolute Gasteiger partial charge is 0.134 e. The lowest BCUT2D eigenvalue weighted by molar-refractivity contribution is 0.526. The van der Waals surface area contributed by atoms with Gasteiger partial charge in [0.05, 0.1) is 5.38 Å². The maximum Gasteiger partial charge on any atom is 0.134 e. The normalized spacial score (nSPS) is 12.5. The van der Waals surface area contributed by atoms with Crippen molar-refractivity contribution in [1.29, 1.82) is 0 Å². The van der Waals surface area contributed by atoms with E-state index in [1.165, 1.54) is 12.1 Å². The van der Waals surface area contributed by atoms with Crippen LogP contribution in [0.25, 0.3) is 0 Å². The summed E-state index contributed by atoms with van der Waals surface area (Å²) in [5.41, 5.74) is -0.310. The van der Waals surface area contributed by atoms with Gasteiger partial charge < -0.3 is 0 Å². The minimum absolute atomic E-state index is 0.177. The number of alkyl halides is 1. The number of hydrogen-bond acceptors (Lipinski definition) is 0. The van der Waals surface area contributed by atoms with Crippen molar-refractivity contribution in [2.75, 3.05) is 0 Å². The molecule has 0 N–H and O–H groups in total. The lowest BCUT2D eigenvalue weighted by Crippen LogP contribution is -2.03. The van der Waals surface area contributed by atoms with E-state index >= 15 is 0 Å².